The third kappa shape index (κ3) is 7.04. The molecule has 0 aliphatic carbocycles. The molecule has 0 saturated heterocycles. The van der Waals surface area contributed by atoms with Gasteiger partial charge in [0.2, 0.25) is 0 Å². The molecule has 0 atom stereocenters. The monoisotopic (exact) mass is 512 g/mol. The first-order valence-corrected chi connectivity index (χ1v) is 12.0. The molecular weight excluding hydrogens is 484 g/mol. The largest absolute Gasteiger partial charge is 0.478 e. The van der Waals surface area contributed by atoms with Gasteiger partial charge in [-0.2, -0.15) is 0 Å². The zero-order chi connectivity index (χ0) is 26.9. The Morgan fingerprint density at radius 3 is 1.97 bits per heavy atom. The predicted molar refractivity (Wildman–Crippen MR) is 144 cm³/mol. The Balaban J connectivity index is 1.30. The number of aryl methyl sites for hydroxylation is 1. The summed E-state index contributed by atoms with van der Waals surface area (Å²) in [6.45, 7) is 2.22. The molecule has 0 saturated carbocycles. The summed E-state index contributed by atoms with van der Waals surface area (Å²) in [7, 11) is 0. The highest BCUT2D eigenvalue weighted by Crippen LogP contribution is 2.19. The van der Waals surface area contributed by atoms with Gasteiger partial charge in [-0.3, -0.25) is 20.4 Å². The third-order valence-corrected chi connectivity index (χ3v) is 5.98. The lowest BCUT2D eigenvalue weighted by Crippen LogP contribution is -2.16. The van der Waals surface area contributed by atoms with Crippen molar-refractivity contribution in [2.45, 2.75) is 26.6 Å². The fraction of sp³-hybridized carbons (Fsp3) is 0.133. The summed E-state index contributed by atoms with van der Waals surface area (Å²) in [5, 5.41) is 20.9. The van der Waals surface area contributed by atoms with Crippen LogP contribution in [0.3, 0.4) is 0 Å². The number of carbonyl (C=O) groups is 2. The maximum atomic E-state index is 12.7. The van der Waals surface area contributed by atoms with Crippen LogP contribution in [0.5, 0.6) is 0 Å². The molecule has 0 aliphatic heterocycles. The molecule has 194 valence electrons. The van der Waals surface area contributed by atoms with Gasteiger partial charge in [-0.05, 0) is 72.0 Å². The van der Waals surface area contributed by atoms with Crippen molar-refractivity contribution in [1.82, 2.24) is 0 Å². The zero-order valence-electron chi connectivity index (χ0n) is 20.8. The lowest BCUT2D eigenvalue weighted by Gasteiger charge is -2.11. The standard InChI is InChI=1S/C30H28N2O6/c1-20-6-15-27(30(34)35)28(16-20)29(33)31-25-11-7-21(8-12-25)17-22-9-13-26(14-10-22)32-37-18-23-4-2-3-5-24(23)19-38-36/h2-16,32,36H,17-19H2,1H3,(H,31,33)(H,34,35). The van der Waals surface area contributed by atoms with E-state index in [0.29, 0.717) is 18.7 Å². The summed E-state index contributed by atoms with van der Waals surface area (Å²) in [5.41, 5.74) is 9.13. The molecule has 8 heteroatoms. The number of anilines is 2. The lowest BCUT2D eigenvalue weighted by atomic mass is 10.0. The normalized spacial score (nSPS) is 10.7. The maximum absolute atomic E-state index is 12.7. The van der Waals surface area contributed by atoms with E-state index in [0.717, 1.165) is 33.5 Å². The highest BCUT2D eigenvalue weighted by molar-refractivity contribution is 6.10. The predicted octanol–water partition coefficient (Wildman–Crippen LogP) is 6.07. The van der Waals surface area contributed by atoms with Crippen molar-refractivity contribution in [3.63, 3.8) is 0 Å². The summed E-state index contributed by atoms with van der Waals surface area (Å²) < 4.78 is 0. The topological polar surface area (TPSA) is 117 Å². The van der Waals surface area contributed by atoms with Crippen molar-refractivity contribution in [2.75, 3.05) is 10.8 Å². The second-order valence-electron chi connectivity index (χ2n) is 8.81. The molecular formula is C30H28N2O6. The van der Waals surface area contributed by atoms with E-state index in [1.165, 1.54) is 6.07 Å². The first-order valence-electron chi connectivity index (χ1n) is 12.0. The van der Waals surface area contributed by atoms with Gasteiger partial charge in [0.05, 0.1) is 23.4 Å². The Kier molecular flexibility index (Phi) is 8.84. The van der Waals surface area contributed by atoms with E-state index < -0.39 is 11.9 Å². The molecule has 4 aromatic rings. The number of hydrogen-bond acceptors (Lipinski definition) is 6. The average Bonchev–Trinajstić information content (AvgIpc) is 2.91. The summed E-state index contributed by atoms with van der Waals surface area (Å²) in [6.07, 6.45) is 0.699. The maximum Gasteiger partial charge on any atom is 0.336 e. The van der Waals surface area contributed by atoms with Crippen molar-refractivity contribution in [3.8, 4) is 0 Å². The molecule has 4 aromatic carbocycles. The SMILES string of the molecule is Cc1ccc(C(=O)O)c(C(=O)Nc2ccc(Cc3ccc(NOCc4ccccc4COO)cc3)cc2)c1. The van der Waals surface area contributed by atoms with Crippen LogP contribution in [0.4, 0.5) is 11.4 Å². The van der Waals surface area contributed by atoms with Crippen LogP contribution in [-0.2, 0) is 29.4 Å². The number of carbonyl (C=O) groups excluding carboxylic acids is 1. The molecule has 0 spiro atoms. The molecule has 4 N–H and O–H groups in total. The van der Waals surface area contributed by atoms with E-state index in [9.17, 15) is 14.7 Å². The van der Waals surface area contributed by atoms with Gasteiger partial charge in [0.25, 0.3) is 5.91 Å². The van der Waals surface area contributed by atoms with Gasteiger partial charge < -0.3 is 10.4 Å². The van der Waals surface area contributed by atoms with E-state index in [1.807, 2.05) is 67.6 Å². The van der Waals surface area contributed by atoms with Crippen LogP contribution in [0, 0.1) is 6.92 Å². The molecule has 0 aromatic heterocycles. The van der Waals surface area contributed by atoms with Gasteiger partial charge in [-0.1, -0.05) is 60.2 Å². The van der Waals surface area contributed by atoms with Crippen LogP contribution < -0.4 is 10.8 Å². The molecule has 1 amide bonds. The van der Waals surface area contributed by atoms with Crippen LogP contribution >= 0.6 is 0 Å². The molecule has 0 radical (unpaired) electrons. The van der Waals surface area contributed by atoms with Gasteiger partial charge in [0.1, 0.15) is 6.61 Å². The van der Waals surface area contributed by atoms with Crippen LogP contribution in [0.1, 0.15) is 48.5 Å². The van der Waals surface area contributed by atoms with E-state index >= 15 is 0 Å². The van der Waals surface area contributed by atoms with E-state index in [4.69, 9.17) is 10.1 Å². The second kappa shape index (κ2) is 12.6. The number of aromatic carboxylic acids is 1. The number of carboxylic acid groups (broad SMARTS) is 1. The first kappa shape index (κ1) is 26.6. The van der Waals surface area contributed by atoms with Gasteiger partial charge >= 0.3 is 5.97 Å². The minimum Gasteiger partial charge on any atom is -0.478 e. The van der Waals surface area contributed by atoms with Gasteiger partial charge in [0, 0.05) is 5.69 Å². The second-order valence-corrected chi connectivity index (χ2v) is 8.81. The van der Waals surface area contributed by atoms with Gasteiger partial charge in [0.15, 0.2) is 0 Å². The first-order chi connectivity index (χ1) is 18.4. The number of carboxylic acids is 1. The number of rotatable bonds is 11. The Labute approximate surface area is 220 Å². The molecule has 0 fully saturated rings. The van der Waals surface area contributed by atoms with Crippen LogP contribution in [0.2, 0.25) is 0 Å². The van der Waals surface area contributed by atoms with Crippen molar-refractivity contribution in [1.29, 1.82) is 0 Å². The number of amides is 1. The van der Waals surface area contributed by atoms with Crippen molar-refractivity contribution in [2.24, 2.45) is 0 Å². The van der Waals surface area contributed by atoms with Gasteiger partial charge in [-0.15, -0.1) is 0 Å². The summed E-state index contributed by atoms with van der Waals surface area (Å²) in [4.78, 5) is 34.0. The minimum absolute atomic E-state index is 0.0332. The number of nitrogens with one attached hydrogen (secondary N) is 2. The lowest BCUT2D eigenvalue weighted by molar-refractivity contribution is -0.253. The zero-order valence-corrected chi connectivity index (χ0v) is 20.8. The van der Waals surface area contributed by atoms with E-state index in [2.05, 4.69) is 15.7 Å². The third-order valence-electron chi connectivity index (χ3n) is 5.98. The van der Waals surface area contributed by atoms with Crippen LogP contribution in [0.15, 0.2) is 91.0 Å². The highest BCUT2D eigenvalue weighted by Gasteiger charge is 2.17. The Morgan fingerprint density at radius 1 is 0.763 bits per heavy atom. The van der Waals surface area contributed by atoms with Crippen LogP contribution in [-0.4, -0.2) is 22.2 Å². The number of hydrogen-bond donors (Lipinski definition) is 4. The smallest absolute Gasteiger partial charge is 0.336 e. The van der Waals surface area contributed by atoms with Crippen LogP contribution in [0.25, 0.3) is 0 Å². The highest BCUT2D eigenvalue weighted by atomic mass is 17.1. The number of benzene rings is 4. The molecule has 8 nitrogen and oxygen atoms in total. The Morgan fingerprint density at radius 2 is 1.37 bits per heavy atom. The van der Waals surface area contributed by atoms with E-state index in [1.54, 1.807) is 24.3 Å². The summed E-state index contributed by atoms with van der Waals surface area (Å²) >= 11 is 0. The van der Waals surface area contributed by atoms with Crippen molar-refractivity contribution < 1.29 is 29.7 Å². The molecule has 0 bridgehead atoms. The fourth-order valence-electron chi connectivity index (χ4n) is 3.97. The summed E-state index contributed by atoms with van der Waals surface area (Å²) in [5.74, 6) is -1.61. The molecule has 4 rings (SSSR count). The summed E-state index contributed by atoms with van der Waals surface area (Å²) in [6, 6.07) is 27.5. The van der Waals surface area contributed by atoms with E-state index in [-0.39, 0.29) is 17.7 Å². The van der Waals surface area contributed by atoms with Gasteiger partial charge in [-0.25, -0.2) is 9.68 Å². The molecule has 0 unspecified atom stereocenters. The minimum atomic E-state index is -1.14. The molecule has 38 heavy (non-hydrogen) atoms. The molecule has 0 aliphatic rings. The average molecular weight is 513 g/mol. The Hall–Kier alpha value is -4.50. The quantitative estimate of drug-likeness (QED) is 0.142. The Bertz CT molecular complexity index is 1400. The molecule has 0 heterocycles. The van der Waals surface area contributed by atoms with Crippen molar-refractivity contribution in [3.05, 3.63) is 130 Å². The fourth-order valence-corrected chi connectivity index (χ4v) is 3.97. The van der Waals surface area contributed by atoms with Crippen molar-refractivity contribution >= 4 is 23.3 Å².